The van der Waals surface area contributed by atoms with Gasteiger partial charge in [0.2, 0.25) is 0 Å². The molecule has 1 aliphatic heterocycles. The van der Waals surface area contributed by atoms with E-state index in [0.717, 1.165) is 133 Å². The van der Waals surface area contributed by atoms with E-state index in [4.69, 9.17) is 18.8 Å². The van der Waals surface area contributed by atoms with Gasteiger partial charge in [-0.2, -0.15) is 0 Å². The predicted molar refractivity (Wildman–Crippen MR) is 289 cm³/mol. The molecule has 5 heteroatoms. The van der Waals surface area contributed by atoms with Gasteiger partial charge in [0.15, 0.2) is 0 Å². The van der Waals surface area contributed by atoms with Gasteiger partial charge in [0.1, 0.15) is 28.5 Å². The zero-order valence-electron chi connectivity index (χ0n) is 37.8. The van der Waals surface area contributed by atoms with E-state index < -0.39 is 0 Å². The Morgan fingerprint density at radius 3 is 1.81 bits per heavy atom. The van der Waals surface area contributed by atoms with Crippen molar-refractivity contribution >= 4 is 77.0 Å². The van der Waals surface area contributed by atoms with Crippen LogP contribution in [0.25, 0.3) is 116 Å². The van der Waals surface area contributed by atoms with E-state index in [9.17, 15) is 0 Å². The number of furan rings is 2. The van der Waals surface area contributed by atoms with Crippen LogP contribution in [-0.2, 0) is 0 Å². The van der Waals surface area contributed by atoms with Gasteiger partial charge in [-0.3, -0.25) is 4.99 Å². The summed E-state index contributed by atoms with van der Waals surface area (Å²) < 4.78 is 13.0. The number of para-hydroxylation sites is 4. The van der Waals surface area contributed by atoms with Crippen LogP contribution < -0.4 is 5.32 Å². The Morgan fingerprint density at radius 2 is 1.00 bits per heavy atom. The molecule has 1 unspecified atom stereocenters. The second-order valence-electron chi connectivity index (χ2n) is 18.0. The van der Waals surface area contributed by atoms with Crippen molar-refractivity contribution in [3.8, 4) is 44.6 Å². The monoisotopic (exact) mass is 895 g/mol. The summed E-state index contributed by atoms with van der Waals surface area (Å²) in [5.41, 5.74) is 18.2. The summed E-state index contributed by atoms with van der Waals surface area (Å²) in [6, 6.07) is 81.1. The normalized spacial score (nSPS) is 13.9. The number of nitrogens with one attached hydrogen (secondary N) is 1. The molecule has 0 fully saturated rings. The first-order chi connectivity index (χ1) is 34.7. The fourth-order valence-corrected chi connectivity index (χ4v) is 10.6. The molecule has 0 spiro atoms. The van der Waals surface area contributed by atoms with E-state index >= 15 is 0 Å². The quantitative estimate of drug-likeness (QED) is 0.162. The molecular weight excluding hydrogens is 855 g/mol. The van der Waals surface area contributed by atoms with Crippen LogP contribution in [0, 0.1) is 0 Å². The van der Waals surface area contributed by atoms with Gasteiger partial charge in [0, 0.05) is 60.1 Å². The van der Waals surface area contributed by atoms with Crippen molar-refractivity contribution in [3.05, 3.63) is 253 Å². The summed E-state index contributed by atoms with van der Waals surface area (Å²) in [5, 5.41) is 11.6. The molecule has 0 amide bonds. The Bertz CT molecular complexity index is 4240. The Balaban J connectivity index is 0.837. The number of hydrogen-bond acceptors (Lipinski definition) is 5. The van der Waals surface area contributed by atoms with Crippen LogP contribution in [0.5, 0.6) is 0 Å². The van der Waals surface area contributed by atoms with Crippen molar-refractivity contribution < 1.29 is 8.83 Å². The number of pyridine rings is 1. The molecule has 5 nitrogen and oxygen atoms in total. The van der Waals surface area contributed by atoms with E-state index in [1.807, 2.05) is 24.3 Å². The summed E-state index contributed by atoms with van der Waals surface area (Å²) in [4.78, 5) is 10.7. The number of fused-ring (bicyclic) bond motifs is 9. The highest BCUT2D eigenvalue weighted by Crippen LogP contribution is 2.46. The van der Waals surface area contributed by atoms with Gasteiger partial charge in [-0.1, -0.05) is 200 Å². The van der Waals surface area contributed by atoms with Crippen molar-refractivity contribution in [2.75, 3.05) is 0 Å². The third kappa shape index (κ3) is 6.62. The van der Waals surface area contributed by atoms with Crippen LogP contribution in [0.2, 0.25) is 0 Å². The molecule has 1 N–H and O–H groups in total. The van der Waals surface area contributed by atoms with Gasteiger partial charge >= 0.3 is 0 Å². The largest absolute Gasteiger partial charge is 0.456 e. The van der Waals surface area contributed by atoms with E-state index in [-0.39, 0.29) is 6.17 Å². The van der Waals surface area contributed by atoms with E-state index in [1.165, 1.54) is 5.39 Å². The minimum absolute atomic E-state index is 0.268. The number of hydrogen-bond donors (Lipinski definition) is 1. The number of benzene rings is 10. The Morgan fingerprint density at radius 1 is 0.386 bits per heavy atom. The van der Waals surface area contributed by atoms with Crippen molar-refractivity contribution in [2.24, 2.45) is 4.99 Å². The highest BCUT2D eigenvalue weighted by molar-refractivity contribution is 6.28. The molecule has 0 saturated carbocycles. The smallest absolute Gasteiger partial charge is 0.145 e. The lowest BCUT2D eigenvalue weighted by atomic mass is 9.89. The predicted octanol–water partition coefficient (Wildman–Crippen LogP) is 17.0. The van der Waals surface area contributed by atoms with Crippen molar-refractivity contribution in [2.45, 2.75) is 6.17 Å². The molecule has 0 aliphatic carbocycles. The number of rotatable bonds is 7. The Labute approximate surface area is 403 Å². The second-order valence-corrected chi connectivity index (χ2v) is 18.0. The van der Waals surface area contributed by atoms with Crippen LogP contribution in [0.1, 0.15) is 22.9 Å². The van der Waals surface area contributed by atoms with Crippen molar-refractivity contribution in [1.29, 1.82) is 0 Å². The van der Waals surface area contributed by atoms with E-state index in [1.54, 1.807) is 0 Å². The van der Waals surface area contributed by atoms with Crippen LogP contribution in [0.4, 0.5) is 0 Å². The Hall–Kier alpha value is -9.32. The first kappa shape index (κ1) is 39.8. The van der Waals surface area contributed by atoms with Crippen LogP contribution in [-0.4, -0.2) is 10.7 Å². The fourth-order valence-electron chi connectivity index (χ4n) is 10.6. The molecule has 3 aromatic heterocycles. The average molecular weight is 896 g/mol. The molecule has 4 heterocycles. The molecule has 1 aliphatic rings. The van der Waals surface area contributed by atoms with Gasteiger partial charge < -0.3 is 14.2 Å². The molecule has 0 radical (unpaired) electrons. The van der Waals surface area contributed by atoms with Crippen LogP contribution in [0.3, 0.4) is 0 Å². The van der Waals surface area contributed by atoms with Gasteiger partial charge in [0.25, 0.3) is 0 Å². The molecule has 13 aromatic rings. The number of nitrogens with zero attached hydrogens (tertiary/aromatic N) is 2. The maximum absolute atomic E-state index is 6.62. The van der Waals surface area contributed by atoms with Crippen LogP contribution in [0.15, 0.2) is 250 Å². The lowest BCUT2D eigenvalue weighted by Gasteiger charge is -2.25. The van der Waals surface area contributed by atoms with Crippen LogP contribution >= 0.6 is 0 Å². The maximum Gasteiger partial charge on any atom is 0.145 e. The summed E-state index contributed by atoms with van der Waals surface area (Å²) in [6.45, 7) is 0. The standard InChI is InChI=1S/C65H41N3O2/c1-3-15-43(16-4-1)60-61-51-22-7-10-26-54(51)66-63(53(61)38-59-62(60)52-23-9-12-28-58(52)69-59)44-35-29-40(30-36-44)46-19-13-20-47(37-46)56-39-55(67-65(68-56)45-17-5-2-6-18-45)42-33-31-41(32-34-42)48-24-14-25-50-49-21-8-11-27-57(49)70-64(48)50/h1-39,65,68H. The molecule has 70 heavy (non-hydrogen) atoms. The third-order valence-corrected chi connectivity index (χ3v) is 13.9. The van der Waals surface area contributed by atoms with Gasteiger partial charge in [-0.15, -0.1) is 0 Å². The highest BCUT2D eigenvalue weighted by Gasteiger charge is 2.23. The number of aliphatic imine (C=N–C) groups is 1. The molecule has 10 aromatic carbocycles. The van der Waals surface area contributed by atoms with Crippen molar-refractivity contribution in [1.82, 2.24) is 10.3 Å². The number of aromatic nitrogens is 1. The molecule has 328 valence electrons. The zero-order valence-corrected chi connectivity index (χ0v) is 37.8. The minimum Gasteiger partial charge on any atom is -0.456 e. The maximum atomic E-state index is 6.62. The third-order valence-electron chi connectivity index (χ3n) is 13.9. The first-order valence-corrected chi connectivity index (χ1v) is 23.7. The Kier molecular flexibility index (Phi) is 9.20. The lowest BCUT2D eigenvalue weighted by Crippen LogP contribution is -2.24. The minimum atomic E-state index is -0.268. The molecule has 1 atom stereocenters. The summed E-state index contributed by atoms with van der Waals surface area (Å²) >= 11 is 0. The summed E-state index contributed by atoms with van der Waals surface area (Å²) in [7, 11) is 0. The zero-order chi connectivity index (χ0) is 46.1. The summed E-state index contributed by atoms with van der Waals surface area (Å²) in [5.74, 6) is 0. The molecular formula is C65H41N3O2. The van der Waals surface area contributed by atoms with E-state index in [0.29, 0.717) is 0 Å². The molecule has 0 saturated heterocycles. The average Bonchev–Trinajstić information content (AvgIpc) is 4.01. The SMILES string of the molecule is C1=C(c2cccc(-c3ccc(-c4nc5ccccc5c5c(-c6ccccc6)c6c(cc45)oc4ccccc46)cc3)c2)NC(c2ccccc2)N=C1c1ccc(-c2cccc3c2oc2ccccc23)cc1. The van der Waals surface area contributed by atoms with Gasteiger partial charge in [-0.25, -0.2) is 4.98 Å². The van der Waals surface area contributed by atoms with Crippen molar-refractivity contribution in [3.63, 3.8) is 0 Å². The van der Waals surface area contributed by atoms with E-state index in [2.05, 4.69) is 218 Å². The lowest BCUT2D eigenvalue weighted by molar-refractivity contribution is 0.664. The molecule has 0 bridgehead atoms. The summed E-state index contributed by atoms with van der Waals surface area (Å²) in [6.07, 6.45) is 1.91. The fraction of sp³-hybridized carbons (Fsp3) is 0.0154. The van der Waals surface area contributed by atoms with Gasteiger partial charge in [-0.05, 0) is 75.4 Å². The second kappa shape index (κ2) is 16.2. The van der Waals surface area contributed by atoms with Gasteiger partial charge in [0.05, 0.1) is 16.9 Å². The first-order valence-electron chi connectivity index (χ1n) is 23.7. The number of allylic oxidation sites excluding steroid dienone is 1. The topological polar surface area (TPSA) is 63.6 Å². The molecule has 14 rings (SSSR count). The highest BCUT2D eigenvalue weighted by atomic mass is 16.3.